The molecule has 1 N–H and O–H groups in total. The molecule has 1 aromatic rings. The molecule has 1 aliphatic heterocycles. The molecule has 1 aliphatic rings. The maximum absolute atomic E-state index is 12.6. The Morgan fingerprint density at radius 3 is 2.81 bits per heavy atom. The summed E-state index contributed by atoms with van der Waals surface area (Å²) in [6, 6.07) is 5.85. The van der Waals surface area contributed by atoms with Crippen molar-refractivity contribution in [2.75, 3.05) is 13.1 Å². The Morgan fingerprint density at radius 1 is 1.48 bits per heavy atom. The molecule has 6 nitrogen and oxygen atoms in total. The molecule has 1 saturated heterocycles. The number of carbonyl (C=O) groups is 1. The van der Waals surface area contributed by atoms with E-state index in [4.69, 9.17) is 22.0 Å². The number of nitrogens with zero attached hydrogens (tertiary/aromatic N) is 2. The summed E-state index contributed by atoms with van der Waals surface area (Å²) in [7, 11) is -3.90. The summed E-state index contributed by atoms with van der Waals surface area (Å²) in [6.45, 7) is 0.171. The number of aliphatic carboxylic acids is 1. The van der Waals surface area contributed by atoms with Crippen LogP contribution < -0.4 is 0 Å². The number of carboxylic acids is 1. The number of piperidine rings is 1. The van der Waals surface area contributed by atoms with Crippen LogP contribution in [0.4, 0.5) is 0 Å². The van der Waals surface area contributed by atoms with Crippen molar-refractivity contribution in [3.63, 3.8) is 0 Å². The minimum atomic E-state index is -3.90. The number of rotatable bonds is 3. The molecule has 0 radical (unpaired) electrons. The quantitative estimate of drug-likeness (QED) is 0.910. The summed E-state index contributed by atoms with van der Waals surface area (Å²) in [4.78, 5) is 10.9. The van der Waals surface area contributed by atoms with E-state index in [0.29, 0.717) is 12.8 Å². The third-order valence-corrected chi connectivity index (χ3v) is 5.76. The lowest BCUT2D eigenvalue weighted by Gasteiger charge is -2.30. The van der Waals surface area contributed by atoms with Gasteiger partial charge in [0.1, 0.15) is 4.90 Å². The van der Waals surface area contributed by atoms with Gasteiger partial charge in [0.2, 0.25) is 10.0 Å². The highest BCUT2D eigenvalue weighted by Gasteiger charge is 2.34. The van der Waals surface area contributed by atoms with Crippen LogP contribution in [0.5, 0.6) is 0 Å². The van der Waals surface area contributed by atoms with E-state index in [-0.39, 0.29) is 28.6 Å². The molecule has 0 spiro atoms. The summed E-state index contributed by atoms with van der Waals surface area (Å²) in [6.07, 6.45) is 0.930. The maximum Gasteiger partial charge on any atom is 0.307 e. The average molecular weight is 329 g/mol. The number of nitriles is 1. The zero-order valence-electron chi connectivity index (χ0n) is 11.0. The van der Waals surface area contributed by atoms with Gasteiger partial charge in [0, 0.05) is 13.1 Å². The highest BCUT2D eigenvalue weighted by molar-refractivity contribution is 7.89. The van der Waals surface area contributed by atoms with Crippen molar-refractivity contribution in [1.29, 1.82) is 5.26 Å². The number of halogens is 1. The van der Waals surface area contributed by atoms with E-state index in [1.165, 1.54) is 18.2 Å². The molecule has 8 heteroatoms. The van der Waals surface area contributed by atoms with E-state index in [9.17, 15) is 13.2 Å². The second-order valence-corrected chi connectivity index (χ2v) is 7.11. The van der Waals surface area contributed by atoms with Crippen molar-refractivity contribution in [3.8, 4) is 6.07 Å². The maximum atomic E-state index is 12.6. The van der Waals surface area contributed by atoms with E-state index in [0.717, 1.165) is 4.31 Å². The molecule has 1 heterocycles. The van der Waals surface area contributed by atoms with Gasteiger partial charge in [0.15, 0.2) is 0 Å². The smallest absolute Gasteiger partial charge is 0.307 e. The lowest BCUT2D eigenvalue weighted by Crippen LogP contribution is -2.42. The molecule has 2 rings (SSSR count). The molecule has 0 aromatic heterocycles. The molecule has 112 valence electrons. The van der Waals surface area contributed by atoms with Crippen LogP contribution in [-0.4, -0.2) is 36.9 Å². The first-order valence-corrected chi connectivity index (χ1v) is 8.10. The Bertz CT molecular complexity index is 711. The fraction of sp³-hybridized carbons (Fsp3) is 0.385. The first-order valence-electron chi connectivity index (χ1n) is 6.29. The minimum absolute atomic E-state index is 0.0199. The number of hydrogen-bond donors (Lipinski definition) is 1. The van der Waals surface area contributed by atoms with E-state index in [2.05, 4.69) is 0 Å². The van der Waals surface area contributed by atoms with Crippen molar-refractivity contribution in [1.82, 2.24) is 4.31 Å². The van der Waals surface area contributed by atoms with Gasteiger partial charge in [-0.15, -0.1) is 0 Å². The Labute approximate surface area is 127 Å². The Hall–Kier alpha value is -1.62. The lowest BCUT2D eigenvalue weighted by molar-refractivity contribution is -0.142. The van der Waals surface area contributed by atoms with Crippen molar-refractivity contribution < 1.29 is 18.3 Å². The van der Waals surface area contributed by atoms with Gasteiger partial charge >= 0.3 is 5.97 Å². The molecule has 1 atom stereocenters. The Kier molecular flexibility index (Phi) is 4.52. The standard InChI is InChI=1S/C13H13ClN2O4S/c14-11-4-3-9(7-15)6-12(11)21(19,20)16-5-1-2-10(8-16)13(17)18/h3-4,6,10H,1-2,5,8H2,(H,17,18)/t10-/m1/s1. The summed E-state index contributed by atoms with van der Waals surface area (Å²) in [5.41, 5.74) is 0.185. The molecule has 1 aromatic carbocycles. The first kappa shape index (κ1) is 15.8. The van der Waals surface area contributed by atoms with Gasteiger partial charge in [0.25, 0.3) is 0 Å². The number of carboxylic acid groups (broad SMARTS) is 1. The predicted octanol–water partition coefficient (Wildman–Crippen LogP) is 1.70. The number of hydrogen-bond acceptors (Lipinski definition) is 4. The summed E-state index contributed by atoms with van der Waals surface area (Å²) in [5, 5.41) is 17.9. The zero-order chi connectivity index (χ0) is 15.6. The Balaban J connectivity index is 2.38. The van der Waals surface area contributed by atoms with Crippen molar-refractivity contribution in [2.45, 2.75) is 17.7 Å². The molecule has 0 bridgehead atoms. The minimum Gasteiger partial charge on any atom is -0.481 e. The van der Waals surface area contributed by atoms with Gasteiger partial charge in [-0.05, 0) is 31.0 Å². The molecule has 0 aliphatic carbocycles. The SMILES string of the molecule is N#Cc1ccc(Cl)c(S(=O)(=O)N2CCC[C@@H](C(=O)O)C2)c1. The third kappa shape index (κ3) is 3.18. The fourth-order valence-corrected chi connectivity index (χ4v) is 4.30. The van der Waals surface area contributed by atoms with E-state index in [1.54, 1.807) is 0 Å². The first-order chi connectivity index (χ1) is 9.86. The monoisotopic (exact) mass is 328 g/mol. The Morgan fingerprint density at radius 2 is 2.19 bits per heavy atom. The fourth-order valence-electron chi connectivity index (χ4n) is 2.27. The van der Waals surface area contributed by atoms with Crippen LogP contribution in [0.25, 0.3) is 0 Å². The van der Waals surface area contributed by atoms with E-state index in [1.807, 2.05) is 6.07 Å². The highest BCUT2D eigenvalue weighted by atomic mass is 35.5. The van der Waals surface area contributed by atoms with Crippen LogP contribution in [0, 0.1) is 17.2 Å². The second kappa shape index (κ2) is 6.02. The van der Waals surface area contributed by atoms with Crippen molar-refractivity contribution in [3.05, 3.63) is 28.8 Å². The largest absolute Gasteiger partial charge is 0.481 e. The topological polar surface area (TPSA) is 98.5 Å². The molecular formula is C13H13ClN2O4S. The van der Waals surface area contributed by atoms with Crippen molar-refractivity contribution >= 4 is 27.6 Å². The molecule has 21 heavy (non-hydrogen) atoms. The molecule has 1 fully saturated rings. The molecule has 0 saturated carbocycles. The lowest BCUT2D eigenvalue weighted by atomic mass is 10.0. The predicted molar refractivity (Wildman–Crippen MR) is 75.3 cm³/mol. The molecule has 0 amide bonds. The number of benzene rings is 1. The van der Waals surface area contributed by atoms with Gasteiger partial charge in [-0.25, -0.2) is 8.42 Å². The van der Waals surface area contributed by atoms with Gasteiger partial charge < -0.3 is 5.11 Å². The van der Waals surface area contributed by atoms with Crippen LogP contribution >= 0.6 is 11.6 Å². The summed E-state index contributed by atoms with van der Waals surface area (Å²) in [5.74, 6) is -1.72. The van der Waals surface area contributed by atoms with Gasteiger partial charge in [-0.3, -0.25) is 4.79 Å². The third-order valence-electron chi connectivity index (χ3n) is 3.41. The van der Waals surface area contributed by atoms with Crippen LogP contribution in [0.3, 0.4) is 0 Å². The van der Waals surface area contributed by atoms with Crippen LogP contribution in [-0.2, 0) is 14.8 Å². The van der Waals surface area contributed by atoms with E-state index < -0.39 is 21.9 Å². The summed E-state index contributed by atoms with van der Waals surface area (Å²) < 4.78 is 26.3. The van der Waals surface area contributed by atoms with E-state index >= 15 is 0 Å². The second-order valence-electron chi connectivity index (χ2n) is 4.80. The molecule has 0 unspecified atom stereocenters. The number of sulfonamides is 1. The van der Waals surface area contributed by atoms with Gasteiger partial charge in [-0.2, -0.15) is 9.57 Å². The zero-order valence-corrected chi connectivity index (χ0v) is 12.6. The van der Waals surface area contributed by atoms with Crippen LogP contribution in [0.1, 0.15) is 18.4 Å². The van der Waals surface area contributed by atoms with Gasteiger partial charge in [0.05, 0.1) is 22.6 Å². The summed E-state index contributed by atoms with van der Waals surface area (Å²) >= 11 is 5.92. The van der Waals surface area contributed by atoms with Crippen LogP contribution in [0.2, 0.25) is 5.02 Å². The van der Waals surface area contributed by atoms with Crippen molar-refractivity contribution in [2.24, 2.45) is 5.92 Å². The highest BCUT2D eigenvalue weighted by Crippen LogP contribution is 2.29. The molecular weight excluding hydrogens is 316 g/mol. The normalized spacial score (nSPS) is 19.9. The van der Waals surface area contributed by atoms with Gasteiger partial charge in [-0.1, -0.05) is 11.6 Å². The van der Waals surface area contributed by atoms with Crippen LogP contribution in [0.15, 0.2) is 23.1 Å². The average Bonchev–Trinajstić information content (AvgIpc) is 2.47.